The molecule has 4 nitrogen and oxygen atoms in total. The Hall–Kier alpha value is -1.19. The molecule has 6 N–H and O–H groups in total. The van der Waals surface area contributed by atoms with Crippen molar-refractivity contribution in [3.8, 4) is 0 Å². The molecule has 0 rings (SSSR count). The molecular formula is C4H10N4. The van der Waals surface area contributed by atoms with Crippen molar-refractivity contribution in [2.75, 3.05) is 7.05 Å². The number of hydrogen-bond donors (Lipinski definition) is 4. The van der Waals surface area contributed by atoms with Gasteiger partial charge in [-0.25, -0.2) is 0 Å². The van der Waals surface area contributed by atoms with E-state index in [0.29, 0.717) is 0 Å². The van der Waals surface area contributed by atoms with Gasteiger partial charge in [0, 0.05) is 13.2 Å². The van der Waals surface area contributed by atoms with Crippen LogP contribution in [0.5, 0.6) is 0 Å². The summed E-state index contributed by atoms with van der Waals surface area (Å²) in [6, 6.07) is 0. The van der Waals surface area contributed by atoms with Crippen LogP contribution in [0.15, 0.2) is 11.9 Å². The van der Waals surface area contributed by atoms with Crippen LogP contribution < -0.4 is 16.8 Å². The molecule has 0 saturated heterocycles. The number of rotatable bonds is 2. The minimum atomic E-state index is -0.112. The zero-order chi connectivity index (χ0) is 6.57. The summed E-state index contributed by atoms with van der Waals surface area (Å²) >= 11 is 0. The quantitative estimate of drug-likeness (QED) is 0.272. The first-order valence-corrected chi connectivity index (χ1v) is 2.15. The third kappa shape index (κ3) is 2.07. The molecule has 0 spiro atoms. The zero-order valence-corrected chi connectivity index (χ0v) is 4.73. The van der Waals surface area contributed by atoms with Crippen LogP contribution in [-0.4, -0.2) is 12.9 Å². The molecule has 0 atom stereocenters. The van der Waals surface area contributed by atoms with Crippen molar-refractivity contribution in [3.05, 3.63) is 11.9 Å². The first-order valence-electron chi connectivity index (χ1n) is 2.15. The number of amidine groups is 1. The van der Waals surface area contributed by atoms with Crippen molar-refractivity contribution < 1.29 is 0 Å². The van der Waals surface area contributed by atoms with E-state index < -0.39 is 0 Å². The van der Waals surface area contributed by atoms with Crippen LogP contribution in [0.2, 0.25) is 0 Å². The normalized spacial score (nSPS) is 10.9. The SMILES string of the molecule is CN/C=C(/N)C(=N)N. The lowest BCUT2D eigenvalue weighted by molar-refractivity contribution is 1.08. The average molecular weight is 114 g/mol. The fourth-order valence-corrected chi connectivity index (χ4v) is 0.233. The Balaban J connectivity index is 3.80. The van der Waals surface area contributed by atoms with E-state index in [1.807, 2.05) is 0 Å². The molecule has 0 heterocycles. The van der Waals surface area contributed by atoms with Gasteiger partial charge in [0.25, 0.3) is 0 Å². The molecule has 0 aromatic carbocycles. The second kappa shape index (κ2) is 2.90. The van der Waals surface area contributed by atoms with Gasteiger partial charge in [-0.05, 0) is 0 Å². The molecule has 0 aliphatic rings. The molecule has 0 aliphatic heterocycles. The van der Waals surface area contributed by atoms with Gasteiger partial charge < -0.3 is 16.8 Å². The summed E-state index contributed by atoms with van der Waals surface area (Å²) in [6.45, 7) is 0. The van der Waals surface area contributed by atoms with Crippen LogP contribution in [0, 0.1) is 5.41 Å². The molecule has 0 saturated carbocycles. The number of nitrogens with one attached hydrogen (secondary N) is 2. The maximum atomic E-state index is 6.75. The van der Waals surface area contributed by atoms with Gasteiger partial charge >= 0.3 is 0 Å². The monoisotopic (exact) mass is 114 g/mol. The van der Waals surface area contributed by atoms with Crippen molar-refractivity contribution in [1.29, 1.82) is 5.41 Å². The standard InChI is InChI=1S/C4H10N4/c1-8-2-3(5)4(6)7/h2,8H,5H2,1H3,(H3,6,7)/b3-2+. The number of nitrogens with two attached hydrogens (primary N) is 2. The maximum absolute atomic E-state index is 6.75. The van der Waals surface area contributed by atoms with Gasteiger partial charge in [-0.1, -0.05) is 0 Å². The van der Waals surface area contributed by atoms with Crippen LogP contribution in [-0.2, 0) is 0 Å². The summed E-state index contributed by atoms with van der Waals surface area (Å²) in [5, 5.41) is 9.39. The van der Waals surface area contributed by atoms with Crippen LogP contribution in [0.4, 0.5) is 0 Å². The highest BCUT2D eigenvalue weighted by atomic mass is 14.8. The number of hydrogen-bond acceptors (Lipinski definition) is 3. The van der Waals surface area contributed by atoms with Crippen LogP contribution in [0.25, 0.3) is 0 Å². The Kier molecular flexibility index (Phi) is 2.47. The summed E-state index contributed by atoms with van der Waals surface area (Å²) in [4.78, 5) is 0. The first kappa shape index (κ1) is 6.81. The fraction of sp³-hybridized carbons (Fsp3) is 0.250. The summed E-state index contributed by atoms with van der Waals surface area (Å²) < 4.78 is 0. The van der Waals surface area contributed by atoms with Gasteiger partial charge in [0.05, 0.1) is 5.70 Å². The van der Waals surface area contributed by atoms with Crippen molar-refractivity contribution in [1.82, 2.24) is 5.32 Å². The Morgan fingerprint density at radius 2 is 2.12 bits per heavy atom. The Morgan fingerprint density at radius 3 is 2.25 bits per heavy atom. The predicted molar refractivity (Wildman–Crippen MR) is 33.2 cm³/mol. The van der Waals surface area contributed by atoms with E-state index >= 15 is 0 Å². The Labute approximate surface area is 48.1 Å². The van der Waals surface area contributed by atoms with Gasteiger partial charge in [-0.15, -0.1) is 0 Å². The van der Waals surface area contributed by atoms with Gasteiger partial charge in [0.15, 0.2) is 0 Å². The van der Waals surface area contributed by atoms with E-state index in [9.17, 15) is 0 Å². The lowest BCUT2D eigenvalue weighted by Crippen LogP contribution is -2.21. The second-order valence-electron chi connectivity index (χ2n) is 1.30. The third-order valence-corrected chi connectivity index (χ3v) is 0.611. The van der Waals surface area contributed by atoms with E-state index in [0.717, 1.165) is 0 Å². The predicted octanol–water partition coefficient (Wildman–Crippen LogP) is -1.06. The third-order valence-electron chi connectivity index (χ3n) is 0.611. The highest BCUT2D eigenvalue weighted by Crippen LogP contribution is 1.74. The zero-order valence-electron chi connectivity index (χ0n) is 4.73. The molecular weight excluding hydrogens is 104 g/mol. The molecule has 0 bridgehead atoms. The van der Waals surface area contributed by atoms with Gasteiger partial charge in [-0.3, -0.25) is 5.41 Å². The van der Waals surface area contributed by atoms with Crippen LogP contribution >= 0.6 is 0 Å². The summed E-state index contributed by atoms with van der Waals surface area (Å²) in [5.41, 5.74) is 10.4. The molecule has 8 heavy (non-hydrogen) atoms. The minimum absolute atomic E-state index is 0.112. The van der Waals surface area contributed by atoms with E-state index in [1.165, 1.54) is 6.20 Å². The average Bonchev–Trinajstić information content (AvgIpc) is 1.67. The molecule has 0 aromatic heterocycles. The molecule has 46 valence electrons. The molecule has 0 aliphatic carbocycles. The molecule has 4 heteroatoms. The first-order chi connectivity index (χ1) is 3.68. The van der Waals surface area contributed by atoms with Gasteiger partial charge in [0.2, 0.25) is 0 Å². The Morgan fingerprint density at radius 1 is 1.62 bits per heavy atom. The molecule has 0 aromatic rings. The fourth-order valence-electron chi connectivity index (χ4n) is 0.233. The van der Waals surface area contributed by atoms with Gasteiger partial charge in [0.1, 0.15) is 5.84 Å². The van der Waals surface area contributed by atoms with E-state index in [2.05, 4.69) is 5.32 Å². The second-order valence-corrected chi connectivity index (χ2v) is 1.30. The van der Waals surface area contributed by atoms with Crippen molar-refractivity contribution in [2.24, 2.45) is 11.5 Å². The lowest BCUT2D eigenvalue weighted by Gasteiger charge is -1.94. The van der Waals surface area contributed by atoms with Crippen LogP contribution in [0.1, 0.15) is 0 Å². The summed E-state index contributed by atoms with van der Waals surface area (Å²) in [6.07, 6.45) is 1.46. The largest absolute Gasteiger partial charge is 0.395 e. The topological polar surface area (TPSA) is 87.9 Å². The van der Waals surface area contributed by atoms with Crippen molar-refractivity contribution in [2.45, 2.75) is 0 Å². The highest BCUT2D eigenvalue weighted by Gasteiger charge is 1.87. The molecule has 0 amide bonds. The maximum Gasteiger partial charge on any atom is 0.140 e. The minimum Gasteiger partial charge on any atom is -0.395 e. The van der Waals surface area contributed by atoms with E-state index in [-0.39, 0.29) is 11.5 Å². The van der Waals surface area contributed by atoms with Crippen molar-refractivity contribution >= 4 is 5.84 Å². The Bertz CT molecular complexity index is 115. The molecule has 0 unspecified atom stereocenters. The van der Waals surface area contributed by atoms with Crippen LogP contribution in [0.3, 0.4) is 0 Å². The lowest BCUT2D eigenvalue weighted by atomic mass is 10.4. The summed E-state index contributed by atoms with van der Waals surface area (Å²) in [7, 11) is 1.69. The molecule has 0 fully saturated rings. The molecule has 0 radical (unpaired) electrons. The van der Waals surface area contributed by atoms with Gasteiger partial charge in [-0.2, -0.15) is 0 Å². The smallest absolute Gasteiger partial charge is 0.140 e. The summed E-state index contributed by atoms with van der Waals surface area (Å²) in [5.74, 6) is -0.112. The van der Waals surface area contributed by atoms with E-state index in [4.69, 9.17) is 16.9 Å². The van der Waals surface area contributed by atoms with Crippen molar-refractivity contribution in [3.63, 3.8) is 0 Å². The van der Waals surface area contributed by atoms with E-state index in [1.54, 1.807) is 7.05 Å². The highest BCUT2D eigenvalue weighted by molar-refractivity contribution is 5.93.